The highest BCUT2D eigenvalue weighted by molar-refractivity contribution is 5.64. The third kappa shape index (κ3) is 13.2. The van der Waals surface area contributed by atoms with Crippen molar-refractivity contribution in [2.75, 3.05) is 46.2 Å². The highest BCUT2D eigenvalue weighted by Gasteiger charge is 1.93. The van der Waals surface area contributed by atoms with Crippen LogP contribution in [0.1, 0.15) is 6.92 Å². The number of primary amides is 1. The van der Waals surface area contributed by atoms with Gasteiger partial charge in [0.2, 0.25) is 0 Å². The highest BCUT2D eigenvalue weighted by Crippen LogP contribution is 1.82. The first-order chi connectivity index (χ1) is 7.27. The predicted octanol–water partition coefficient (Wildman–Crippen LogP) is 0.151. The van der Waals surface area contributed by atoms with E-state index in [-0.39, 0.29) is 6.61 Å². The topological polar surface area (TPSA) is 80.0 Å². The van der Waals surface area contributed by atoms with E-state index in [1.54, 1.807) is 0 Å². The summed E-state index contributed by atoms with van der Waals surface area (Å²) in [6.07, 6.45) is -0.786. The molecule has 0 bridgehead atoms. The molecule has 0 aromatic carbocycles. The number of rotatable bonds is 10. The zero-order chi connectivity index (χ0) is 11.4. The molecule has 0 atom stereocenters. The van der Waals surface area contributed by atoms with E-state index in [0.29, 0.717) is 39.6 Å². The van der Waals surface area contributed by atoms with E-state index < -0.39 is 6.09 Å². The maximum absolute atomic E-state index is 10.1. The first kappa shape index (κ1) is 14.2. The molecule has 0 fully saturated rings. The SMILES string of the molecule is CCOCCOCCOCCOC(N)=O. The van der Waals surface area contributed by atoms with Gasteiger partial charge in [0, 0.05) is 6.61 Å². The van der Waals surface area contributed by atoms with Gasteiger partial charge in [-0.15, -0.1) is 0 Å². The third-order valence-electron chi connectivity index (χ3n) is 1.42. The average molecular weight is 221 g/mol. The first-order valence-electron chi connectivity index (χ1n) is 4.92. The molecule has 0 rings (SSSR count). The van der Waals surface area contributed by atoms with Crippen molar-refractivity contribution in [2.24, 2.45) is 5.73 Å². The van der Waals surface area contributed by atoms with Crippen molar-refractivity contribution >= 4 is 6.09 Å². The summed E-state index contributed by atoms with van der Waals surface area (Å²) >= 11 is 0. The van der Waals surface area contributed by atoms with Crippen molar-refractivity contribution in [3.8, 4) is 0 Å². The number of ether oxygens (including phenoxy) is 4. The van der Waals surface area contributed by atoms with Crippen LogP contribution in [0.2, 0.25) is 0 Å². The van der Waals surface area contributed by atoms with Gasteiger partial charge in [-0.05, 0) is 6.92 Å². The second kappa shape index (κ2) is 11.2. The lowest BCUT2D eigenvalue weighted by Gasteiger charge is -2.05. The van der Waals surface area contributed by atoms with Crippen molar-refractivity contribution in [2.45, 2.75) is 6.92 Å². The quantitative estimate of drug-likeness (QED) is 0.531. The standard InChI is InChI=1S/C9H19NO5/c1-2-12-3-4-13-5-6-14-7-8-15-9(10)11/h2-8H2,1H3,(H2,10,11). The van der Waals surface area contributed by atoms with Gasteiger partial charge in [0.1, 0.15) is 6.61 Å². The van der Waals surface area contributed by atoms with E-state index in [4.69, 9.17) is 19.9 Å². The number of nitrogens with two attached hydrogens (primary N) is 1. The Morgan fingerprint density at radius 3 is 1.87 bits per heavy atom. The van der Waals surface area contributed by atoms with Crippen LogP contribution in [-0.2, 0) is 18.9 Å². The van der Waals surface area contributed by atoms with Gasteiger partial charge in [0.15, 0.2) is 0 Å². The molecule has 15 heavy (non-hydrogen) atoms. The van der Waals surface area contributed by atoms with Crippen LogP contribution in [-0.4, -0.2) is 52.3 Å². The summed E-state index contributed by atoms with van der Waals surface area (Å²) in [5.74, 6) is 0. The molecule has 1 amide bonds. The summed E-state index contributed by atoms with van der Waals surface area (Å²) in [6.45, 7) is 5.27. The zero-order valence-electron chi connectivity index (χ0n) is 9.07. The number of carbonyl (C=O) groups excluding carboxylic acids is 1. The van der Waals surface area contributed by atoms with E-state index in [0.717, 1.165) is 0 Å². The molecule has 0 saturated heterocycles. The van der Waals surface area contributed by atoms with Crippen molar-refractivity contribution in [1.82, 2.24) is 0 Å². The molecule has 0 aliphatic rings. The minimum absolute atomic E-state index is 0.175. The summed E-state index contributed by atoms with van der Waals surface area (Å²) in [4.78, 5) is 10.1. The molecule has 0 unspecified atom stereocenters. The van der Waals surface area contributed by atoms with Crippen LogP contribution in [0.3, 0.4) is 0 Å². The molecule has 0 heterocycles. The monoisotopic (exact) mass is 221 g/mol. The van der Waals surface area contributed by atoms with Crippen LogP contribution in [0.5, 0.6) is 0 Å². The molecule has 0 saturated carbocycles. The summed E-state index contributed by atoms with van der Waals surface area (Å²) in [7, 11) is 0. The van der Waals surface area contributed by atoms with Crippen LogP contribution in [0.4, 0.5) is 4.79 Å². The first-order valence-corrected chi connectivity index (χ1v) is 4.92. The average Bonchev–Trinajstić information content (AvgIpc) is 2.20. The highest BCUT2D eigenvalue weighted by atomic mass is 16.6. The lowest BCUT2D eigenvalue weighted by atomic mass is 10.7. The van der Waals surface area contributed by atoms with Gasteiger partial charge < -0.3 is 24.7 Å². The third-order valence-corrected chi connectivity index (χ3v) is 1.42. The van der Waals surface area contributed by atoms with Crippen LogP contribution in [0.25, 0.3) is 0 Å². The minimum atomic E-state index is -0.786. The van der Waals surface area contributed by atoms with E-state index >= 15 is 0 Å². The summed E-state index contributed by atoms with van der Waals surface area (Å²) in [5.41, 5.74) is 4.75. The maximum Gasteiger partial charge on any atom is 0.404 e. The summed E-state index contributed by atoms with van der Waals surface area (Å²) in [5, 5.41) is 0. The Morgan fingerprint density at radius 2 is 1.40 bits per heavy atom. The maximum atomic E-state index is 10.1. The van der Waals surface area contributed by atoms with Gasteiger partial charge in [-0.25, -0.2) is 4.79 Å². The van der Waals surface area contributed by atoms with Gasteiger partial charge in [0.25, 0.3) is 0 Å². The molecule has 0 aromatic rings. The molecule has 0 radical (unpaired) electrons. The zero-order valence-corrected chi connectivity index (χ0v) is 9.07. The van der Waals surface area contributed by atoms with E-state index in [9.17, 15) is 4.79 Å². The molecule has 0 spiro atoms. The fourth-order valence-electron chi connectivity index (χ4n) is 0.785. The Balaban J connectivity index is 2.89. The largest absolute Gasteiger partial charge is 0.447 e. The Hall–Kier alpha value is -0.850. The van der Waals surface area contributed by atoms with Crippen LogP contribution >= 0.6 is 0 Å². The normalized spacial score (nSPS) is 10.2. The summed E-state index contributed by atoms with van der Waals surface area (Å²) < 4.78 is 19.8. The number of amides is 1. The summed E-state index contributed by atoms with van der Waals surface area (Å²) in [6, 6.07) is 0. The van der Waals surface area contributed by atoms with Crippen molar-refractivity contribution < 1.29 is 23.7 Å². The van der Waals surface area contributed by atoms with Crippen molar-refractivity contribution in [3.63, 3.8) is 0 Å². The van der Waals surface area contributed by atoms with Gasteiger partial charge in [-0.3, -0.25) is 0 Å². The smallest absolute Gasteiger partial charge is 0.404 e. The molecule has 0 aromatic heterocycles. The van der Waals surface area contributed by atoms with Crippen LogP contribution < -0.4 is 5.73 Å². The Kier molecular flexibility index (Phi) is 10.6. The van der Waals surface area contributed by atoms with E-state index in [2.05, 4.69) is 4.74 Å². The van der Waals surface area contributed by atoms with Gasteiger partial charge in [-0.1, -0.05) is 0 Å². The fourth-order valence-corrected chi connectivity index (χ4v) is 0.785. The minimum Gasteiger partial charge on any atom is -0.447 e. The van der Waals surface area contributed by atoms with Gasteiger partial charge >= 0.3 is 6.09 Å². The number of hydrogen-bond donors (Lipinski definition) is 1. The van der Waals surface area contributed by atoms with Crippen molar-refractivity contribution in [1.29, 1.82) is 0 Å². The molecule has 0 aliphatic carbocycles. The van der Waals surface area contributed by atoms with Gasteiger partial charge in [0.05, 0.1) is 33.0 Å². The number of carbonyl (C=O) groups is 1. The van der Waals surface area contributed by atoms with Crippen LogP contribution in [0, 0.1) is 0 Å². The van der Waals surface area contributed by atoms with E-state index in [1.807, 2.05) is 6.92 Å². The Morgan fingerprint density at radius 1 is 0.933 bits per heavy atom. The lowest BCUT2D eigenvalue weighted by molar-refractivity contribution is 0.00802. The fraction of sp³-hybridized carbons (Fsp3) is 0.889. The molecule has 0 aliphatic heterocycles. The number of hydrogen-bond acceptors (Lipinski definition) is 5. The molecular weight excluding hydrogens is 202 g/mol. The van der Waals surface area contributed by atoms with Crippen LogP contribution in [0.15, 0.2) is 0 Å². The molecular formula is C9H19NO5. The molecule has 2 N–H and O–H groups in total. The Bertz CT molecular complexity index is 153. The Labute approximate surface area is 89.6 Å². The lowest BCUT2D eigenvalue weighted by Crippen LogP contribution is -2.17. The molecule has 6 nitrogen and oxygen atoms in total. The molecule has 6 heteroatoms. The second-order valence-electron chi connectivity index (χ2n) is 2.59. The molecule has 90 valence electrons. The second-order valence-corrected chi connectivity index (χ2v) is 2.59. The van der Waals surface area contributed by atoms with Gasteiger partial charge in [-0.2, -0.15) is 0 Å². The van der Waals surface area contributed by atoms with E-state index in [1.165, 1.54) is 0 Å². The van der Waals surface area contributed by atoms with Crippen molar-refractivity contribution in [3.05, 3.63) is 0 Å². The predicted molar refractivity (Wildman–Crippen MR) is 53.7 cm³/mol.